The van der Waals surface area contributed by atoms with Crippen LogP contribution < -0.4 is 5.73 Å². The Kier molecular flexibility index (Phi) is 3.96. The van der Waals surface area contributed by atoms with Crippen molar-refractivity contribution >= 4 is 21.7 Å². The molecular formula is C15H16BrN3. The predicted molar refractivity (Wildman–Crippen MR) is 82.7 cm³/mol. The van der Waals surface area contributed by atoms with Gasteiger partial charge < -0.3 is 10.3 Å². The van der Waals surface area contributed by atoms with E-state index < -0.39 is 0 Å². The molecule has 0 spiro atoms. The van der Waals surface area contributed by atoms with Crippen LogP contribution in [0.15, 0.2) is 28.7 Å². The molecule has 2 N–H and O–H groups in total. The van der Waals surface area contributed by atoms with Crippen LogP contribution in [0, 0.1) is 12.3 Å². The molecule has 0 radical (unpaired) electrons. The van der Waals surface area contributed by atoms with Crippen molar-refractivity contribution < 1.29 is 0 Å². The summed E-state index contributed by atoms with van der Waals surface area (Å²) in [5.74, 6) is 4.46. The number of anilines is 1. The van der Waals surface area contributed by atoms with Gasteiger partial charge in [0, 0.05) is 16.0 Å². The lowest BCUT2D eigenvalue weighted by atomic mass is 10.1. The zero-order chi connectivity index (χ0) is 14.0. The average molecular weight is 318 g/mol. The normalized spacial score (nSPS) is 10.7. The minimum Gasteiger partial charge on any atom is -0.383 e. The minimum absolute atomic E-state index is 0.278. The van der Waals surface area contributed by atoms with Crippen molar-refractivity contribution in [1.82, 2.24) is 9.55 Å². The molecule has 2 rings (SSSR count). The summed E-state index contributed by atoms with van der Waals surface area (Å²) in [6, 6.07) is 7.94. The summed E-state index contributed by atoms with van der Waals surface area (Å²) in [4.78, 5) is 4.65. The SMILES string of the molecule is C#CCn1c(C(C)C)nc(-c2ccc(Br)cc2)c1N. The van der Waals surface area contributed by atoms with E-state index in [4.69, 9.17) is 12.2 Å². The lowest BCUT2D eigenvalue weighted by Crippen LogP contribution is -2.07. The molecule has 0 amide bonds. The first-order chi connectivity index (χ1) is 9.04. The van der Waals surface area contributed by atoms with Crippen molar-refractivity contribution in [3.05, 3.63) is 34.6 Å². The summed E-state index contributed by atoms with van der Waals surface area (Å²) < 4.78 is 2.93. The molecule has 0 saturated heterocycles. The number of imidazole rings is 1. The molecule has 1 aromatic carbocycles. The number of nitrogens with zero attached hydrogens (tertiary/aromatic N) is 2. The van der Waals surface area contributed by atoms with Gasteiger partial charge in [-0.2, -0.15) is 0 Å². The molecule has 4 heteroatoms. The molecular weight excluding hydrogens is 302 g/mol. The van der Waals surface area contributed by atoms with Crippen LogP contribution in [0.3, 0.4) is 0 Å². The third kappa shape index (κ3) is 2.66. The number of nitrogens with two attached hydrogens (primary N) is 1. The monoisotopic (exact) mass is 317 g/mol. The van der Waals surface area contributed by atoms with Gasteiger partial charge in [0.25, 0.3) is 0 Å². The Labute approximate surface area is 122 Å². The maximum Gasteiger partial charge on any atom is 0.132 e. The lowest BCUT2D eigenvalue weighted by molar-refractivity contribution is 0.691. The first-order valence-electron chi connectivity index (χ1n) is 6.10. The van der Waals surface area contributed by atoms with Crippen molar-refractivity contribution in [3.8, 4) is 23.6 Å². The zero-order valence-corrected chi connectivity index (χ0v) is 12.6. The van der Waals surface area contributed by atoms with E-state index in [1.54, 1.807) is 0 Å². The van der Waals surface area contributed by atoms with Gasteiger partial charge >= 0.3 is 0 Å². The fourth-order valence-corrected chi connectivity index (χ4v) is 2.27. The number of hydrogen-bond donors (Lipinski definition) is 1. The van der Waals surface area contributed by atoms with E-state index in [-0.39, 0.29) is 5.92 Å². The smallest absolute Gasteiger partial charge is 0.132 e. The molecule has 1 aromatic heterocycles. The van der Waals surface area contributed by atoms with Crippen molar-refractivity contribution in [1.29, 1.82) is 0 Å². The Morgan fingerprint density at radius 3 is 2.53 bits per heavy atom. The minimum atomic E-state index is 0.278. The van der Waals surface area contributed by atoms with Crippen LogP contribution in [-0.4, -0.2) is 9.55 Å². The third-order valence-corrected chi connectivity index (χ3v) is 3.45. The number of rotatable bonds is 3. The molecule has 0 bridgehead atoms. The molecule has 1 heterocycles. The number of terminal acetylenes is 1. The van der Waals surface area contributed by atoms with Gasteiger partial charge in [0.1, 0.15) is 17.3 Å². The van der Waals surface area contributed by atoms with Gasteiger partial charge in [-0.3, -0.25) is 0 Å². The molecule has 0 unspecified atom stereocenters. The highest BCUT2D eigenvalue weighted by atomic mass is 79.9. The molecule has 19 heavy (non-hydrogen) atoms. The van der Waals surface area contributed by atoms with E-state index in [0.29, 0.717) is 12.4 Å². The number of hydrogen-bond acceptors (Lipinski definition) is 2. The second-order valence-corrected chi connectivity index (χ2v) is 5.57. The Balaban J connectivity index is 2.56. The Morgan fingerprint density at radius 1 is 1.37 bits per heavy atom. The summed E-state index contributed by atoms with van der Waals surface area (Å²) in [6.45, 7) is 4.61. The van der Waals surface area contributed by atoms with Gasteiger partial charge in [-0.05, 0) is 12.1 Å². The van der Waals surface area contributed by atoms with Crippen molar-refractivity contribution in [2.75, 3.05) is 5.73 Å². The van der Waals surface area contributed by atoms with Gasteiger partial charge in [0.05, 0.1) is 6.54 Å². The highest BCUT2D eigenvalue weighted by Crippen LogP contribution is 2.30. The molecule has 0 fully saturated rings. The van der Waals surface area contributed by atoms with E-state index in [0.717, 1.165) is 21.6 Å². The second kappa shape index (κ2) is 5.50. The largest absolute Gasteiger partial charge is 0.383 e. The standard InChI is InChI=1S/C15H16BrN3/c1-4-9-19-14(17)13(18-15(19)10(2)3)11-5-7-12(16)8-6-11/h1,5-8,10H,9,17H2,2-3H3. The number of nitrogen functional groups attached to an aromatic ring is 1. The molecule has 0 saturated carbocycles. The van der Waals surface area contributed by atoms with Crippen molar-refractivity contribution in [2.24, 2.45) is 0 Å². The fourth-order valence-electron chi connectivity index (χ4n) is 2.00. The maximum atomic E-state index is 6.19. The van der Waals surface area contributed by atoms with Crippen LogP contribution in [0.5, 0.6) is 0 Å². The lowest BCUT2D eigenvalue weighted by Gasteiger charge is -2.08. The topological polar surface area (TPSA) is 43.8 Å². The second-order valence-electron chi connectivity index (χ2n) is 4.66. The predicted octanol–water partition coefficient (Wildman–Crippen LogP) is 3.65. The molecule has 0 aliphatic rings. The highest BCUT2D eigenvalue weighted by Gasteiger charge is 2.17. The Morgan fingerprint density at radius 2 is 2.00 bits per heavy atom. The van der Waals surface area contributed by atoms with E-state index in [1.165, 1.54) is 0 Å². The van der Waals surface area contributed by atoms with E-state index in [9.17, 15) is 0 Å². The average Bonchev–Trinajstić information content (AvgIpc) is 2.69. The van der Waals surface area contributed by atoms with Crippen LogP contribution in [0.1, 0.15) is 25.6 Å². The van der Waals surface area contributed by atoms with E-state index in [2.05, 4.69) is 40.7 Å². The van der Waals surface area contributed by atoms with Crippen LogP contribution in [-0.2, 0) is 6.54 Å². The van der Waals surface area contributed by atoms with Gasteiger partial charge in [-0.15, -0.1) is 6.42 Å². The van der Waals surface area contributed by atoms with Crippen LogP contribution in [0.25, 0.3) is 11.3 Å². The molecule has 0 aliphatic heterocycles. The van der Waals surface area contributed by atoms with Crippen molar-refractivity contribution in [2.45, 2.75) is 26.3 Å². The maximum absolute atomic E-state index is 6.19. The van der Waals surface area contributed by atoms with Gasteiger partial charge in [0.15, 0.2) is 0 Å². The quantitative estimate of drug-likeness (QED) is 0.878. The fraction of sp³-hybridized carbons (Fsp3) is 0.267. The molecule has 98 valence electrons. The van der Waals surface area contributed by atoms with E-state index >= 15 is 0 Å². The molecule has 0 atom stereocenters. The van der Waals surface area contributed by atoms with Gasteiger partial charge in [-0.25, -0.2) is 4.98 Å². The molecule has 3 nitrogen and oxygen atoms in total. The Hall–Kier alpha value is -1.73. The van der Waals surface area contributed by atoms with Crippen LogP contribution >= 0.6 is 15.9 Å². The summed E-state index contributed by atoms with van der Waals surface area (Å²) in [7, 11) is 0. The summed E-state index contributed by atoms with van der Waals surface area (Å²) >= 11 is 3.42. The van der Waals surface area contributed by atoms with Gasteiger partial charge in [0.2, 0.25) is 0 Å². The Bertz CT molecular complexity index is 618. The number of benzene rings is 1. The first-order valence-corrected chi connectivity index (χ1v) is 6.89. The third-order valence-electron chi connectivity index (χ3n) is 2.92. The first kappa shape index (κ1) is 13.7. The number of halogens is 1. The summed E-state index contributed by atoms with van der Waals surface area (Å²) in [6.07, 6.45) is 5.41. The summed E-state index contributed by atoms with van der Waals surface area (Å²) in [5, 5.41) is 0. The highest BCUT2D eigenvalue weighted by molar-refractivity contribution is 9.10. The van der Waals surface area contributed by atoms with E-state index in [1.807, 2.05) is 28.8 Å². The molecule has 2 aromatic rings. The van der Waals surface area contributed by atoms with Gasteiger partial charge in [-0.1, -0.05) is 47.8 Å². The van der Waals surface area contributed by atoms with Crippen molar-refractivity contribution in [3.63, 3.8) is 0 Å². The van der Waals surface area contributed by atoms with Crippen LogP contribution in [0.4, 0.5) is 5.82 Å². The summed E-state index contributed by atoms with van der Waals surface area (Å²) in [5.41, 5.74) is 7.99. The zero-order valence-electron chi connectivity index (χ0n) is 11.0. The number of aromatic nitrogens is 2. The molecule has 0 aliphatic carbocycles. The van der Waals surface area contributed by atoms with Crippen LogP contribution in [0.2, 0.25) is 0 Å².